The zero-order valence-electron chi connectivity index (χ0n) is 23.0. The molecule has 0 aliphatic heterocycles. The largest absolute Gasteiger partial charge is 0.497 e. The maximum atomic E-state index is 11.4. The van der Waals surface area contributed by atoms with Gasteiger partial charge in [-0.25, -0.2) is 4.98 Å². The number of ether oxygens (including phenoxy) is 2. The molecule has 0 amide bonds. The number of benzene rings is 3. The number of methoxy groups -OCH3 is 1. The Morgan fingerprint density at radius 3 is 2.35 bits per heavy atom. The van der Waals surface area contributed by atoms with Crippen LogP contribution in [0.1, 0.15) is 31.2 Å². The topological polar surface area (TPSA) is 115 Å². The molecule has 10 nitrogen and oxygen atoms in total. The number of nitrogens with zero attached hydrogens (tertiary/aromatic N) is 4. The summed E-state index contributed by atoms with van der Waals surface area (Å²) in [4.78, 5) is 22.6. The average Bonchev–Trinajstić information content (AvgIpc) is 2.97. The highest BCUT2D eigenvalue weighted by Crippen LogP contribution is 2.31. The second-order valence-corrected chi connectivity index (χ2v) is 10.2. The summed E-state index contributed by atoms with van der Waals surface area (Å²) < 4.78 is 11.3. The van der Waals surface area contributed by atoms with Crippen LogP contribution in [0.5, 0.6) is 17.2 Å². The molecule has 0 bridgehead atoms. The number of hydrogen-bond donors (Lipinski definition) is 2. The van der Waals surface area contributed by atoms with Gasteiger partial charge in [0.25, 0.3) is 5.69 Å². The highest BCUT2D eigenvalue weighted by atomic mass is 16.6. The second kappa shape index (κ2) is 12.2. The fraction of sp³-hybridized carbons (Fsp3) is 0.333. The number of rotatable bonds is 10. The first-order valence-electron chi connectivity index (χ1n) is 13.4. The van der Waals surface area contributed by atoms with Crippen molar-refractivity contribution in [2.75, 3.05) is 31.4 Å². The van der Waals surface area contributed by atoms with Crippen LogP contribution in [-0.4, -0.2) is 48.2 Å². The molecule has 1 fully saturated rings. The van der Waals surface area contributed by atoms with E-state index in [0.29, 0.717) is 30.0 Å². The van der Waals surface area contributed by atoms with Gasteiger partial charge in [0.15, 0.2) is 0 Å². The Hall–Kier alpha value is -4.44. The molecule has 0 radical (unpaired) electrons. The smallest absolute Gasteiger partial charge is 0.270 e. The summed E-state index contributed by atoms with van der Waals surface area (Å²) in [6.07, 6.45) is 3.87. The van der Waals surface area contributed by atoms with E-state index in [1.54, 1.807) is 19.2 Å². The zero-order chi connectivity index (χ0) is 28.1. The minimum absolute atomic E-state index is 0.0410. The third-order valence-electron chi connectivity index (χ3n) is 7.19. The fourth-order valence-electron chi connectivity index (χ4n) is 5.03. The zero-order valence-corrected chi connectivity index (χ0v) is 23.0. The van der Waals surface area contributed by atoms with Crippen molar-refractivity contribution in [3.8, 4) is 17.2 Å². The van der Waals surface area contributed by atoms with Gasteiger partial charge in [-0.05, 0) is 68.1 Å². The fourth-order valence-corrected chi connectivity index (χ4v) is 5.03. The number of anilines is 2. The van der Waals surface area contributed by atoms with E-state index < -0.39 is 0 Å². The van der Waals surface area contributed by atoms with Crippen LogP contribution < -0.4 is 25.0 Å². The highest BCUT2D eigenvalue weighted by Gasteiger charge is 2.23. The third kappa shape index (κ3) is 6.40. The van der Waals surface area contributed by atoms with Gasteiger partial charge in [0.1, 0.15) is 23.1 Å². The van der Waals surface area contributed by atoms with Crippen LogP contribution in [0, 0.1) is 10.1 Å². The van der Waals surface area contributed by atoms with Crippen LogP contribution >= 0.6 is 0 Å². The minimum atomic E-state index is -0.381. The first-order chi connectivity index (χ1) is 19.4. The molecule has 4 aromatic rings. The van der Waals surface area contributed by atoms with Crippen molar-refractivity contribution in [1.29, 1.82) is 0 Å². The van der Waals surface area contributed by atoms with Crippen LogP contribution in [-0.2, 0) is 6.54 Å². The van der Waals surface area contributed by atoms with Crippen molar-refractivity contribution < 1.29 is 14.4 Å². The molecule has 40 heavy (non-hydrogen) atoms. The predicted octanol–water partition coefficient (Wildman–Crippen LogP) is 5.92. The summed E-state index contributed by atoms with van der Waals surface area (Å²) in [5.74, 6) is 3.50. The Kier molecular flexibility index (Phi) is 8.26. The molecular formula is C30H34N6O4. The van der Waals surface area contributed by atoms with Crippen molar-refractivity contribution >= 4 is 28.4 Å². The quantitative estimate of drug-likeness (QED) is 0.186. The van der Waals surface area contributed by atoms with Crippen molar-refractivity contribution in [3.63, 3.8) is 0 Å². The van der Waals surface area contributed by atoms with Gasteiger partial charge in [0.05, 0.1) is 17.5 Å². The summed E-state index contributed by atoms with van der Waals surface area (Å²) >= 11 is 0. The molecule has 0 spiro atoms. The molecule has 2 N–H and O–H groups in total. The van der Waals surface area contributed by atoms with E-state index in [1.165, 1.54) is 6.07 Å². The molecular weight excluding hydrogens is 508 g/mol. The van der Waals surface area contributed by atoms with Gasteiger partial charge in [-0.15, -0.1) is 0 Å². The molecule has 0 saturated heterocycles. The number of fused-ring (bicyclic) bond motifs is 1. The van der Waals surface area contributed by atoms with Gasteiger partial charge in [-0.1, -0.05) is 12.1 Å². The summed E-state index contributed by atoms with van der Waals surface area (Å²) in [5.41, 5.74) is 1.70. The Morgan fingerprint density at radius 2 is 1.65 bits per heavy atom. The molecule has 0 unspecified atom stereocenters. The first-order valence-corrected chi connectivity index (χ1v) is 13.4. The van der Waals surface area contributed by atoms with Gasteiger partial charge in [0, 0.05) is 55.8 Å². The van der Waals surface area contributed by atoms with E-state index >= 15 is 0 Å². The second-order valence-electron chi connectivity index (χ2n) is 10.2. The molecule has 0 atom stereocenters. The van der Waals surface area contributed by atoms with E-state index in [-0.39, 0.29) is 16.7 Å². The summed E-state index contributed by atoms with van der Waals surface area (Å²) in [7, 11) is 5.59. The molecule has 10 heteroatoms. The lowest BCUT2D eigenvalue weighted by molar-refractivity contribution is -0.384. The Morgan fingerprint density at radius 1 is 0.950 bits per heavy atom. The average molecular weight is 543 g/mol. The van der Waals surface area contributed by atoms with Gasteiger partial charge in [-0.2, -0.15) is 4.98 Å². The first kappa shape index (κ1) is 27.1. The number of nitro benzene ring substituents is 1. The van der Waals surface area contributed by atoms with E-state index in [2.05, 4.69) is 10.6 Å². The molecule has 3 aromatic carbocycles. The molecule has 1 aliphatic carbocycles. The van der Waals surface area contributed by atoms with Crippen LogP contribution in [0.2, 0.25) is 0 Å². The van der Waals surface area contributed by atoms with Crippen molar-refractivity contribution in [2.45, 2.75) is 44.3 Å². The number of nitrogens with one attached hydrogen (secondary N) is 2. The monoisotopic (exact) mass is 542 g/mol. The molecule has 1 saturated carbocycles. The van der Waals surface area contributed by atoms with E-state index in [9.17, 15) is 10.1 Å². The number of aromatic nitrogens is 2. The van der Waals surface area contributed by atoms with E-state index in [4.69, 9.17) is 19.4 Å². The number of hydrogen-bond acceptors (Lipinski definition) is 9. The highest BCUT2D eigenvalue weighted by molar-refractivity contribution is 5.90. The molecule has 1 aliphatic rings. The molecule has 5 rings (SSSR count). The Labute approximate surface area is 233 Å². The molecule has 1 aromatic heterocycles. The van der Waals surface area contributed by atoms with Crippen molar-refractivity contribution in [1.82, 2.24) is 15.3 Å². The van der Waals surface area contributed by atoms with Gasteiger partial charge in [0.2, 0.25) is 5.95 Å². The Bertz CT molecular complexity index is 1470. The SMILES string of the molecule is COc1ccc(Oc2ccc([N+](=O)[O-])cc2CN[C@H]2CC[C@@H](Nc3nc(N(C)C)c4ccccc4n3)CC2)cc1. The minimum Gasteiger partial charge on any atom is -0.497 e. The van der Waals surface area contributed by atoms with Crippen LogP contribution in [0.15, 0.2) is 66.7 Å². The van der Waals surface area contributed by atoms with E-state index in [0.717, 1.165) is 53.7 Å². The standard InChI is InChI=1S/C30H34N6O4/c1-35(2)29-26-6-4-5-7-27(26)33-30(34-29)32-22-10-8-21(9-11-22)31-19-20-18-23(36(37)38)12-17-28(20)40-25-15-13-24(39-3)14-16-25/h4-7,12-18,21-22,31H,8-11,19H2,1-3H3,(H,32,33,34)/t21-,22+. The number of non-ortho nitro benzene ring substituents is 1. The maximum absolute atomic E-state index is 11.4. The van der Waals surface area contributed by atoms with Crippen LogP contribution in [0.3, 0.4) is 0 Å². The summed E-state index contributed by atoms with van der Waals surface area (Å²) in [6, 6.07) is 20.6. The lowest BCUT2D eigenvalue weighted by Crippen LogP contribution is -2.37. The van der Waals surface area contributed by atoms with Crippen LogP contribution in [0.4, 0.5) is 17.5 Å². The van der Waals surface area contributed by atoms with Gasteiger partial charge < -0.3 is 25.0 Å². The third-order valence-corrected chi connectivity index (χ3v) is 7.19. The van der Waals surface area contributed by atoms with Gasteiger partial charge >= 0.3 is 0 Å². The normalized spacial score (nSPS) is 16.9. The maximum Gasteiger partial charge on any atom is 0.270 e. The van der Waals surface area contributed by atoms with Crippen LogP contribution in [0.25, 0.3) is 10.9 Å². The molecule has 208 valence electrons. The van der Waals surface area contributed by atoms with Crippen molar-refractivity contribution in [2.24, 2.45) is 0 Å². The molecule has 1 heterocycles. The summed E-state index contributed by atoms with van der Waals surface area (Å²) in [6.45, 7) is 0.468. The Balaban J connectivity index is 1.21. The predicted molar refractivity (Wildman–Crippen MR) is 157 cm³/mol. The number of nitro groups is 1. The van der Waals surface area contributed by atoms with E-state index in [1.807, 2.05) is 67.5 Å². The van der Waals surface area contributed by atoms with Gasteiger partial charge in [-0.3, -0.25) is 10.1 Å². The summed E-state index contributed by atoms with van der Waals surface area (Å²) in [5, 5.41) is 19.6. The lowest BCUT2D eigenvalue weighted by atomic mass is 9.91. The number of para-hydroxylation sites is 1. The lowest BCUT2D eigenvalue weighted by Gasteiger charge is -2.30. The van der Waals surface area contributed by atoms with Crippen molar-refractivity contribution in [3.05, 3.63) is 82.4 Å².